The summed E-state index contributed by atoms with van der Waals surface area (Å²) in [6, 6.07) is 6.95. The van der Waals surface area contributed by atoms with Crippen LogP contribution in [0.2, 0.25) is 0 Å². The molecule has 0 aliphatic rings. The maximum absolute atomic E-state index is 12.3. The van der Waals surface area contributed by atoms with Crippen molar-refractivity contribution >= 4 is 5.91 Å². The van der Waals surface area contributed by atoms with Gasteiger partial charge in [-0.05, 0) is 30.7 Å². The smallest absolute Gasteiger partial charge is 0.253 e. The molecule has 0 unspecified atom stereocenters. The van der Waals surface area contributed by atoms with Gasteiger partial charge in [-0.15, -0.1) is 0 Å². The second-order valence-corrected chi connectivity index (χ2v) is 4.09. The number of carbonyl (C=O) groups excluding carboxylic acids is 1. The van der Waals surface area contributed by atoms with Crippen LogP contribution in [0.25, 0.3) is 0 Å². The summed E-state index contributed by atoms with van der Waals surface area (Å²) in [5.74, 6) is 0.623. The van der Waals surface area contributed by atoms with E-state index in [2.05, 4.69) is 0 Å². The molecule has 0 spiro atoms. The van der Waals surface area contributed by atoms with Gasteiger partial charge in [-0.25, -0.2) is 0 Å². The molecule has 0 fully saturated rings. The lowest BCUT2D eigenvalue weighted by Crippen LogP contribution is -2.34. The van der Waals surface area contributed by atoms with Gasteiger partial charge in [0, 0.05) is 32.4 Å². The van der Waals surface area contributed by atoms with Gasteiger partial charge >= 0.3 is 0 Å². The van der Waals surface area contributed by atoms with E-state index in [4.69, 9.17) is 14.6 Å². The number of nitrogens with zero attached hydrogens (tertiary/aromatic N) is 1. The highest BCUT2D eigenvalue weighted by Gasteiger charge is 2.14. The van der Waals surface area contributed by atoms with Crippen LogP contribution in [0.1, 0.15) is 16.8 Å². The molecule has 1 N–H and O–H groups in total. The Morgan fingerprint density at radius 2 is 1.89 bits per heavy atom. The topological polar surface area (TPSA) is 59.0 Å². The number of amides is 1. The van der Waals surface area contributed by atoms with Crippen molar-refractivity contribution in [1.82, 2.24) is 4.90 Å². The van der Waals surface area contributed by atoms with Crippen LogP contribution in [0, 0.1) is 0 Å². The van der Waals surface area contributed by atoms with Gasteiger partial charge in [0.2, 0.25) is 0 Å². The summed E-state index contributed by atoms with van der Waals surface area (Å²) in [6.45, 7) is 1.44. The molecule has 0 aliphatic carbocycles. The third-order valence-corrected chi connectivity index (χ3v) is 2.77. The standard InChI is InChI=1S/C14H21NO4/c1-18-11-3-8-15(9-10-16)14(17)12-4-6-13(19-2)7-5-12/h4-7,16H,3,8-11H2,1-2H3. The number of methoxy groups -OCH3 is 2. The minimum absolute atomic E-state index is 0.0467. The van der Waals surface area contributed by atoms with Crippen molar-refractivity contribution < 1.29 is 19.4 Å². The summed E-state index contributed by atoms with van der Waals surface area (Å²) in [5.41, 5.74) is 0.590. The first-order valence-electron chi connectivity index (χ1n) is 6.26. The molecule has 0 saturated carbocycles. The average molecular weight is 267 g/mol. The Balaban J connectivity index is 2.68. The minimum Gasteiger partial charge on any atom is -0.497 e. The first kappa shape index (κ1) is 15.5. The van der Waals surface area contributed by atoms with Gasteiger partial charge < -0.3 is 19.5 Å². The number of carbonyl (C=O) groups is 1. The van der Waals surface area contributed by atoms with E-state index in [1.807, 2.05) is 0 Å². The largest absolute Gasteiger partial charge is 0.497 e. The van der Waals surface area contributed by atoms with Crippen molar-refractivity contribution in [2.75, 3.05) is 40.5 Å². The second-order valence-electron chi connectivity index (χ2n) is 4.09. The van der Waals surface area contributed by atoms with E-state index in [0.29, 0.717) is 31.0 Å². The molecule has 1 aromatic rings. The summed E-state index contributed by atoms with van der Waals surface area (Å²) in [6.07, 6.45) is 0.748. The quantitative estimate of drug-likeness (QED) is 0.718. The molecule has 1 rings (SSSR count). The van der Waals surface area contributed by atoms with Crippen LogP contribution in [0.4, 0.5) is 0 Å². The Morgan fingerprint density at radius 3 is 2.42 bits per heavy atom. The summed E-state index contributed by atoms with van der Waals surface area (Å²) in [5, 5.41) is 9.03. The fourth-order valence-electron chi connectivity index (χ4n) is 1.75. The van der Waals surface area contributed by atoms with E-state index in [1.165, 1.54) is 0 Å². The van der Waals surface area contributed by atoms with Crippen molar-refractivity contribution in [3.63, 3.8) is 0 Å². The van der Waals surface area contributed by atoms with Crippen LogP contribution >= 0.6 is 0 Å². The Labute approximate surface area is 113 Å². The fourth-order valence-corrected chi connectivity index (χ4v) is 1.75. The zero-order valence-corrected chi connectivity index (χ0v) is 11.5. The molecule has 106 valence electrons. The van der Waals surface area contributed by atoms with Crippen LogP contribution in [-0.2, 0) is 4.74 Å². The van der Waals surface area contributed by atoms with E-state index in [-0.39, 0.29) is 12.5 Å². The predicted octanol–water partition coefficient (Wildman–Crippen LogP) is 1.17. The zero-order valence-electron chi connectivity index (χ0n) is 11.5. The van der Waals surface area contributed by atoms with E-state index in [1.54, 1.807) is 43.4 Å². The Bertz CT molecular complexity index is 378. The first-order chi connectivity index (χ1) is 9.22. The SMILES string of the molecule is COCCCN(CCO)C(=O)c1ccc(OC)cc1. The molecule has 5 heteroatoms. The molecule has 0 atom stereocenters. The number of benzene rings is 1. The summed E-state index contributed by atoms with van der Waals surface area (Å²) < 4.78 is 10.0. The average Bonchev–Trinajstić information content (AvgIpc) is 2.46. The van der Waals surface area contributed by atoms with Gasteiger partial charge in [0.1, 0.15) is 5.75 Å². The molecule has 0 bridgehead atoms. The van der Waals surface area contributed by atoms with E-state index >= 15 is 0 Å². The zero-order chi connectivity index (χ0) is 14.1. The van der Waals surface area contributed by atoms with Crippen molar-refractivity contribution in [3.8, 4) is 5.75 Å². The van der Waals surface area contributed by atoms with Crippen molar-refractivity contribution in [3.05, 3.63) is 29.8 Å². The highest BCUT2D eigenvalue weighted by atomic mass is 16.5. The molecular weight excluding hydrogens is 246 g/mol. The number of aliphatic hydroxyl groups excluding tert-OH is 1. The van der Waals surface area contributed by atoms with Crippen LogP contribution in [0.5, 0.6) is 5.75 Å². The second kappa shape index (κ2) is 8.50. The number of rotatable bonds is 8. The first-order valence-corrected chi connectivity index (χ1v) is 6.26. The van der Waals surface area contributed by atoms with Crippen LogP contribution in [0.3, 0.4) is 0 Å². The van der Waals surface area contributed by atoms with Crippen LogP contribution < -0.4 is 4.74 Å². The number of aliphatic hydroxyl groups is 1. The highest BCUT2D eigenvalue weighted by Crippen LogP contribution is 2.13. The fraction of sp³-hybridized carbons (Fsp3) is 0.500. The number of hydrogen-bond donors (Lipinski definition) is 1. The Hall–Kier alpha value is -1.59. The Kier molecular flexibility index (Phi) is 6.92. The minimum atomic E-state index is -0.0900. The highest BCUT2D eigenvalue weighted by molar-refractivity contribution is 5.94. The number of hydrogen-bond acceptors (Lipinski definition) is 4. The maximum Gasteiger partial charge on any atom is 0.253 e. The molecule has 0 heterocycles. The third-order valence-electron chi connectivity index (χ3n) is 2.77. The van der Waals surface area contributed by atoms with Crippen LogP contribution in [-0.4, -0.2) is 56.4 Å². The summed E-state index contributed by atoms with van der Waals surface area (Å²) in [7, 11) is 3.21. The molecule has 0 saturated heterocycles. The third kappa shape index (κ3) is 4.89. The molecule has 19 heavy (non-hydrogen) atoms. The molecular formula is C14H21NO4. The van der Waals surface area contributed by atoms with E-state index in [0.717, 1.165) is 6.42 Å². The molecule has 1 amide bonds. The normalized spacial score (nSPS) is 10.3. The van der Waals surface area contributed by atoms with Crippen molar-refractivity contribution in [2.45, 2.75) is 6.42 Å². The lowest BCUT2D eigenvalue weighted by atomic mass is 10.2. The van der Waals surface area contributed by atoms with Crippen LogP contribution in [0.15, 0.2) is 24.3 Å². The molecule has 5 nitrogen and oxygen atoms in total. The van der Waals surface area contributed by atoms with Gasteiger partial charge in [-0.2, -0.15) is 0 Å². The molecule has 0 radical (unpaired) electrons. The van der Waals surface area contributed by atoms with Crippen molar-refractivity contribution in [2.24, 2.45) is 0 Å². The van der Waals surface area contributed by atoms with Gasteiger partial charge in [0.15, 0.2) is 0 Å². The molecule has 0 aromatic heterocycles. The van der Waals surface area contributed by atoms with E-state index in [9.17, 15) is 4.79 Å². The number of ether oxygens (including phenoxy) is 2. The van der Waals surface area contributed by atoms with Gasteiger partial charge in [-0.3, -0.25) is 4.79 Å². The summed E-state index contributed by atoms with van der Waals surface area (Å²) >= 11 is 0. The molecule has 0 aliphatic heterocycles. The lowest BCUT2D eigenvalue weighted by Gasteiger charge is -2.21. The van der Waals surface area contributed by atoms with Gasteiger partial charge in [0.05, 0.1) is 13.7 Å². The van der Waals surface area contributed by atoms with E-state index < -0.39 is 0 Å². The Morgan fingerprint density at radius 1 is 1.21 bits per heavy atom. The van der Waals surface area contributed by atoms with Gasteiger partial charge in [0.25, 0.3) is 5.91 Å². The molecule has 1 aromatic carbocycles. The monoisotopic (exact) mass is 267 g/mol. The summed E-state index contributed by atoms with van der Waals surface area (Å²) in [4.78, 5) is 13.9. The van der Waals surface area contributed by atoms with Gasteiger partial charge in [-0.1, -0.05) is 0 Å². The lowest BCUT2D eigenvalue weighted by molar-refractivity contribution is 0.0701. The van der Waals surface area contributed by atoms with Crippen molar-refractivity contribution in [1.29, 1.82) is 0 Å². The maximum atomic E-state index is 12.3. The predicted molar refractivity (Wildman–Crippen MR) is 72.5 cm³/mol.